The second-order valence-corrected chi connectivity index (χ2v) is 7.77. The van der Waals surface area contributed by atoms with Gasteiger partial charge in [0.2, 0.25) is 5.91 Å². The molecule has 0 unspecified atom stereocenters. The van der Waals surface area contributed by atoms with Crippen molar-refractivity contribution in [3.05, 3.63) is 64.8 Å². The second kappa shape index (κ2) is 8.11. The molecule has 5 nitrogen and oxygen atoms in total. The molecule has 0 aliphatic heterocycles. The van der Waals surface area contributed by atoms with Crippen LogP contribution in [0.2, 0.25) is 0 Å². The SMILES string of the molecule is CCc1ccccc1NC(=O)CN(C)C(=O)c1ccc2[nH]c3c(c2c1)CCCC3. The molecule has 2 N–H and O–H groups in total. The number of nitrogens with one attached hydrogen (secondary N) is 2. The molecule has 3 aromatic rings. The summed E-state index contributed by atoms with van der Waals surface area (Å²) >= 11 is 0. The molecule has 0 atom stereocenters. The molecule has 1 aromatic heterocycles. The molecular weight excluding hydrogens is 362 g/mol. The lowest BCUT2D eigenvalue weighted by Gasteiger charge is -2.18. The lowest BCUT2D eigenvalue weighted by atomic mass is 9.95. The highest BCUT2D eigenvalue weighted by Crippen LogP contribution is 2.30. The number of hydrogen-bond acceptors (Lipinski definition) is 2. The summed E-state index contributed by atoms with van der Waals surface area (Å²) in [5, 5.41) is 4.07. The van der Waals surface area contributed by atoms with Gasteiger partial charge in [0.15, 0.2) is 0 Å². The topological polar surface area (TPSA) is 65.2 Å². The Morgan fingerprint density at radius 3 is 2.72 bits per heavy atom. The fourth-order valence-corrected chi connectivity index (χ4v) is 4.19. The van der Waals surface area contributed by atoms with Crippen molar-refractivity contribution in [3.63, 3.8) is 0 Å². The van der Waals surface area contributed by atoms with E-state index in [1.165, 1.54) is 29.0 Å². The summed E-state index contributed by atoms with van der Waals surface area (Å²) in [5.41, 5.74) is 6.24. The van der Waals surface area contributed by atoms with Crippen molar-refractivity contribution in [1.29, 1.82) is 0 Å². The van der Waals surface area contributed by atoms with E-state index in [1.54, 1.807) is 7.05 Å². The first-order chi connectivity index (χ1) is 14.1. The van der Waals surface area contributed by atoms with Crippen molar-refractivity contribution in [2.24, 2.45) is 0 Å². The van der Waals surface area contributed by atoms with Gasteiger partial charge < -0.3 is 15.2 Å². The number of H-pyrrole nitrogens is 1. The molecule has 0 saturated carbocycles. The third kappa shape index (κ3) is 3.90. The van der Waals surface area contributed by atoms with Crippen LogP contribution in [0.1, 0.15) is 46.9 Å². The number of aryl methyl sites for hydroxylation is 3. The highest BCUT2D eigenvalue weighted by Gasteiger charge is 2.19. The van der Waals surface area contributed by atoms with Crippen molar-refractivity contribution >= 4 is 28.4 Å². The smallest absolute Gasteiger partial charge is 0.254 e. The zero-order chi connectivity index (χ0) is 20.4. The van der Waals surface area contributed by atoms with Gasteiger partial charge in [0.25, 0.3) is 5.91 Å². The van der Waals surface area contributed by atoms with Gasteiger partial charge in [-0.05, 0) is 67.5 Å². The molecule has 0 spiro atoms. The summed E-state index contributed by atoms with van der Waals surface area (Å²) < 4.78 is 0. The van der Waals surface area contributed by atoms with E-state index < -0.39 is 0 Å². The number of carbonyl (C=O) groups excluding carboxylic acids is 2. The van der Waals surface area contributed by atoms with Crippen LogP contribution >= 0.6 is 0 Å². The molecule has 1 heterocycles. The first kappa shape index (κ1) is 19.2. The first-order valence-electron chi connectivity index (χ1n) is 10.3. The fourth-order valence-electron chi connectivity index (χ4n) is 4.19. The summed E-state index contributed by atoms with van der Waals surface area (Å²) in [6.07, 6.45) is 5.38. The number of rotatable bonds is 5. The zero-order valence-corrected chi connectivity index (χ0v) is 17.0. The zero-order valence-electron chi connectivity index (χ0n) is 17.0. The Morgan fingerprint density at radius 2 is 1.90 bits per heavy atom. The minimum Gasteiger partial charge on any atom is -0.358 e. The summed E-state index contributed by atoms with van der Waals surface area (Å²) in [6.45, 7) is 2.07. The molecule has 1 aliphatic rings. The average molecular weight is 389 g/mol. The minimum absolute atomic E-state index is 0.0141. The Kier molecular flexibility index (Phi) is 5.38. The molecule has 2 aromatic carbocycles. The van der Waals surface area contributed by atoms with Crippen LogP contribution in [0.3, 0.4) is 0 Å². The van der Waals surface area contributed by atoms with Crippen LogP contribution in [0.4, 0.5) is 5.69 Å². The summed E-state index contributed by atoms with van der Waals surface area (Å²) in [6, 6.07) is 13.5. The molecule has 4 rings (SSSR count). The largest absolute Gasteiger partial charge is 0.358 e. The average Bonchev–Trinajstić information content (AvgIpc) is 3.11. The van der Waals surface area contributed by atoms with E-state index in [1.807, 2.05) is 42.5 Å². The molecular formula is C24H27N3O2. The van der Waals surface area contributed by atoms with E-state index in [9.17, 15) is 9.59 Å². The van der Waals surface area contributed by atoms with Crippen molar-refractivity contribution in [1.82, 2.24) is 9.88 Å². The number of fused-ring (bicyclic) bond motifs is 3. The lowest BCUT2D eigenvalue weighted by Crippen LogP contribution is -2.35. The highest BCUT2D eigenvalue weighted by molar-refractivity contribution is 6.02. The van der Waals surface area contributed by atoms with E-state index >= 15 is 0 Å². The molecule has 2 amide bonds. The number of aromatic nitrogens is 1. The Hall–Kier alpha value is -3.08. The van der Waals surface area contributed by atoms with Crippen molar-refractivity contribution in [2.45, 2.75) is 39.0 Å². The van der Waals surface area contributed by atoms with Gasteiger partial charge in [-0.15, -0.1) is 0 Å². The van der Waals surface area contributed by atoms with E-state index in [0.29, 0.717) is 5.56 Å². The summed E-state index contributed by atoms with van der Waals surface area (Å²) in [4.78, 5) is 30.4. The molecule has 29 heavy (non-hydrogen) atoms. The maximum atomic E-state index is 12.9. The number of para-hydroxylation sites is 1. The van der Waals surface area contributed by atoms with Gasteiger partial charge in [-0.2, -0.15) is 0 Å². The standard InChI is InChI=1S/C24H27N3O2/c1-3-16-8-4-6-10-20(16)26-23(28)15-27(2)24(29)17-12-13-22-19(14-17)18-9-5-7-11-21(18)25-22/h4,6,8,10,12-14,25H,3,5,7,9,11,15H2,1-2H3,(H,26,28). The molecule has 0 saturated heterocycles. The van der Waals surface area contributed by atoms with Gasteiger partial charge >= 0.3 is 0 Å². The van der Waals surface area contributed by atoms with Gasteiger partial charge in [-0.25, -0.2) is 0 Å². The number of nitrogens with zero attached hydrogens (tertiary/aromatic N) is 1. The highest BCUT2D eigenvalue weighted by atomic mass is 16.2. The van der Waals surface area contributed by atoms with E-state index in [2.05, 4.69) is 17.2 Å². The molecule has 5 heteroatoms. The van der Waals surface area contributed by atoms with E-state index in [0.717, 1.165) is 41.4 Å². The predicted octanol–water partition coefficient (Wildman–Crippen LogP) is 4.32. The maximum absolute atomic E-state index is 12.9. The van der Waals surface area contributed by atoms with Gasteiger partial charge in [-0.3, -0.25) is 9.59 Å². The van der Waals surface area contributed by atoms with Crippen LogP contribution < -0.4 is 5.32 Å². The number of likely N-dealkylation sites (N-methyl/N-ethyl adjacent to an activating group) is 1. The second-order valence-electron chi connectivity index (χ2n) is 7.77. The van der Waals surface area contributed by atoms with Crippen LogP contribution in [0, 0.1) is 0 Å². The Labute approximate surface area is 171 Å². The summed E-state index contributed by atoms with van der Waals surface area (Å²) in [7, 11) is 1.67. The van der Waals surface area contributed by atoms with Gasteiger partial charge in [-0.1, -0.05) is 25.1 Å². The number of carbonyl (C=O) groups is 2. The summed E-state index contributed by atoms with van der Waals surface area (Å²) in [5.74, 6) is -0.335. The van der Waals surface area contributed by atoms with Crippen LogP contribution in [-0.2, 0) is 24.1 Å². The Morgan fingerprint density at radius 1 is 1.10 bits per heavy atom. The molecule has 0 bridgehead atoms. The quantitative estimate of drug-likeness (QED) is 0.682. The van der Waals surface area contributed by atoms with Crippen LogP contribution in [0.15, 0.2) is 42.5 Å². The third-order valence-corrected chi connectivity index (χ3v) is 5.74. The predicted molar refractivity (Wildman–Crippen MR) is 116 cm³/mol. The van der Waals surface area contributed by atoms with E-state index in [4.69, 9.17) is 0 Å². The van der Waals surface area contributed by atoms with Gasteiger partial charge in [0.05, 0.1) is 6.54 Å². The number of benzene rings is 2. The van der Waals surface area contributed by atoms with Crippen LogP contribution in [0.25, 0.3) is 10.9 Å². The minimum atomic E-state index is -0.193. The number of aromatic amines is 1. The van der Waals surface area contributed by atoms with Crippen molar-refractivity contribution in [2.75, 3.05) is 18.9 Å². The number of hydrogen-bond donors (Lipinski definition) is 2. The molecule has 0 radical (unpaired) electrons. The van der Waals surface area contributed by atoms with Crippen molar-refractivity contribution < 1.29 is 9.59 Å². The van der Waals surface area contributed by atoms with Gasteiger partial charge in [0.1, 0.15) is 0 Å². The third-order valence-electron chi connectivity index (χ3n) is 5.74. The van der Waals surface area contributed by atoms with Gasteiger partial charge in [0, 0.05) is 34.9 Å². The van der Waals surface area contributed by atoms with Crippen LogP contribution in [0.5, 0.6) is 0 Å². The molecule has 0 fully saturated rings. The fraction of sp³-hybridized carbons (Fsp3) is 0.333. The Balaban J connectivity index is 1.48. The first-order valence-corrected chi connectivity index (χ1v) is 10.3. The number of amides is 2. The van der Waals surface area contributed by atoms with E-state index in [-0.39, 0.29) is 18.4 Å². The maximum Gasteiger partial charge on any atom is 0.254 e. The lowest BCUT2D eigenvalue weighted by molar-refractivity contribution is -0.116. The normalized spacial score (nSPS) is 13.2. The Bertz CT molecular complexity index is 1070. The molecule has 150 valence electrons. The monoisotopic (exact) mass is 389 g/mol. The number of anilines is 1. The van der Waals surface area contributed by atoms with Crippen LogP contribution in [-0.4, -0.2) is 35.3 Å². The van der Waals surface area contributed by atoms with Crippen molar-refractivity contribution in [3.8, 4) is 0 Å². The molecule has 1 aliphatic carbocycles.